The van der Waals surface area contributed by atoms with Crippen LogP contribution in [0.15, 0.2) is 18.2 Å². The van der Waals surface area contributed by atoms with Crippen molar-refractivity contribution in [2.24, 2.45) is 0 Å². The molecule has 1 aliphatic heterocycles. The van der Waals surface area contributed by atoms with Gasteiger partial charge in [0.05, 0.1) is 4.08 Å². The van der Waals surface area contributed by atoms with E-state index >= 15 is 0 Å². The number of hydrogen-bond donors (Lipinski definition) is 1. The van der Waals surface area contributed by atoms with E-state index in [4.69, 9.17) is 23.2 Å². The minimum absolute atomic E-state index is 0.292. The van der Waals surface area contributed by atoms with Gasteiger partial charge in [-0.1, -0.05) is 23.2 Å². The molecule has 0 aliphatic carbocycles. The summed E-state index contributed by atoms with van der Waals surface area (Å²) in [5.41, 5.74) is -0.300. The molecule has 1 saturated heterocycles. The standard InChI is InChI=1S/C13H16Cl2OS2/c1-12(16,13(2)17-6-3-7-18-13)10-8-9(14)4-5-11(10)15/h4-5,8,16H,3,6-7H2,1-2H3. The summed E-state index contributed by atoms with van der Waals surface area (Å²) in [4.78, 5) is 0. The van der Waals surface area contributed by atoms with Gasteiger partial charge in [-0.2, -0.15) is 0 Å². The molecule has 1 nitrogen and oxygen atoms in total. The van der Waals surface area contributed by atoms with Crippen LogP contribution in [0.4, 0.5) is 0 Å². The van der Waals surface area contributed by atoms with Gasteiger partial charge in [0.1, 0.15) is 5.60 Å². The van der Waals surface area contributed by atoms with Crippen LogP contribution < -0.4 is 0 Å². The number of aliphatic hydroxyl groups is 1. The molecule has 0 saturated carbocycles. The van der Waals surface area contributed by atoms with E-state index < -0.39 is 5.60 Å². The maximum absolute atomic E-state index is 11.0. The SMILES string of the molecule is CC1(C(C)(O)c2cc(Cl)ccc2Cl)SCCCS1. The highest BCUT2D eigenvalue weighted by molar-refractivity contribution is 8.18. The molecule has 5 heteroatoms. The van der Waals surface area contributed by atoms with Gasteiger partial charge in [-0.3, -0.25) is 0 Å². The lowest BCUT2D eigenvalue weighted by molar-refractivity contribution is 0.0488. The van der Waals surface area contributed by atoms with Crippen LogP contribution in [0.25, 0.3) is 0 Å². The molecule has 2 rings (SSSR count). The zero-order valence-electron chi connectivity index (χ0n) is 10.4. The van der Waals surface area contributed by atoms with E-state index in [1.807, 2.05) is 6.92 Å². The molecule has 0 bridgehead atoms. The first kappa shape index (κ1) is 14.9. The minimum atomic E-state index is -1.01. The summed E-state index contributed by atoms with van der Waals surface area (Å²) in [6.07, 6.45) is 1.18. The lowest BCUT2D eigenvalue weighted by Crippen LogP contribution is -2.44. The van der Waals surface area contributed by atoms with Crippen LogP contribution in [0.3, 0.4) is 0 Å². The van der Waals surface area contributed by atoms with Crippen molar-refractivity contribution in [1.29, 1.82) is 0 Å². The van der Waals surface area contributed by atoms with E-state index in [9.17, 15) is 5.11 Å². The second-order valence-corrected chi connectivity index (χ2v) is 8.82. The Morgan fingerprint density at radius 1 is 1.28 bits per heavy atom. The van der Waals surface area contributed by atoms with Gasteiger partial charge >= 0.3 is 0 Å². The number of benzene rings is 1. The fourth-order valence-electron chi connectivity index (χ4n) is 2.03. The van der Waals surface area contributed by atoms with E-state index in [-0.39, 0.29) is 4.08 Å². The Labute approximate surface area is 127 Å². The highest BCUT2D eigenvalue weighted by Crippen LogP contribution is 2.54. The molecule has 1 heterocycles. The van der Waals surface area contributed by atoms with Gasteiger partial charge in [0.15, 0.2) is 0 Å². The van der Waals surface area contributed by atoms with Crippen LogP contribution in [-0.4, -0.2) is 20.7 Å². The van der Waals surface area contributed by atoms with Gasteiger partial charge in [-0.05, 0) is 50.0 Å². The molecule has 18 heavy (non-hydrogen) atoms. The summed E-state index contributed by atoms with van der Waals surface area (Å²) in [5.74, 6) is 2.13. The Bertz CT molecular complexity index is 443. The van der Waals surface area contributed by atoms with Crippen molar-refractivity contribution in [3.63, 3.8) is 0 Å². The number of rotatable bonds is 2. The second-order valence-electron chi connectivity index (χ2n) is 4.69. The largest absolute Gasteiger partial charge is 0.383 e. The first-order valence-corrected chi connectivity index (χ1v) is 8.55. The van der Waals surface area contributed by atoms with Crippen molar-refractivity contribution in [2.75, 3.05) is 11.5 Å². The second kappa shape index (κ2) is 5.45. The molecule has 1 fully saturated rings. The summed E-state index contributed by atoms with van der Waals surface area (Å²) >= 11 is 15.8. The van der Waals surface area contributed by atoms with Crippen LogP contribution >= 0.6 is 46.7 Å². The molecule has 1 aromatic rings. The molecule has 1 aromatic carbocycles. The van der Waals surface area contributed by atoms with Crippen molar-refractivity contribution < 1.29 is 5.11 Å². The molecule has 0 radical (unpaired) electrons. The van der Waals surface area contributed by atoms with Crippen LogP contribution in [0.2, 0.25) is 10.0 Å². The van der Waals surface area contributed by atoms with Crippen LogP contribution in [-0.2, 0) is 5.60 Å². The van der Waals surface area contributed by atoms with Crippen molar-refractivity contribution in [1.82, 2.24) is 0 Å². The lowest BCUT2D eigenvalue weighted by Gasteiger charge is -2.44. The molecule has 0 amide bonds. The molecule has 1 N–H and O–H groups in total. The maximum Gasteiger partial charge on any atom is 0.112 e. The topological polar surface area (TPSA) is 20.2 Å². The normalized spacial score (nSPS) is 22.5. The van der Waals surface area contributed by atoms with Crippen LogP contribution in [0.5, 0.6) is 0 Å². The van der Waals surface area contributed by atoms with Gasteiger partial charge in [0.25, 0.3) is 0 Å². The number of hydrogen-bond acceptors (Lipinski definition) is 3. The van der Waals surface area contributed by atoms with Crippen molar-refractivity contribution in [3.05, 3.63) is 33.8 Å². The third-order valence-corrected chi connectivity index (χ3v) is 7.53. The third-order valence-electron chi connectivity index (χ3n) is 3.38. The van der Waals surface area contributed by atoms with Gasteiger partial charge < -0.3 is 5.11 Å². The zero-order valence-corrected chi connectivity index (χ0v) is 13.5. The van der Waals surface area contributed by atoms with Crippen LogP contribution in [0, 0.1) is 0 Å². The third kappa shape index (κ3) is 2.66. The van der Waals surface area contributed by atoms with Gasteiger partial charge in [0, 0.05) is 15.6 Å². The smallest absolute Gasteiger partial charge is 0.112 e. The average Bonchev–Trinajstić information content (AvgIpc) is 2.33. The molecule has 1 aliphatic rings. The Morgan fingerprint density at radius 2 is 1.89 bits per heavy atom. The average molecular weight is 323 g/mol. The van der Waals surface area contributed by atoms with Gasteiger partial charge in [0.2, 0.25) is 0 Å². The van der Waals surface area contributed by atoms with Gasteiger partial charge in [-0.25, -0.2) is 0 Å². The van der Waals surface area contributed by atoms with E-state index in [0.29, 0.717) is 15.6 Å². The van der Waals surface area contributed by atoms with Gasteiger partial charge in [-0.15, -0.1) is 23.5 Å². The predicted octanol–water partition coefficient (Wildman–Crippen LogP) is 4.79. The predicted molar refractivity (Wildman–Crippen MR) is 84.0 cm³/mol. The molecule has 100 valence electrons. The summed E-state index contributed by atoms with van der Waals surface area (Å²) in [6.45, 7) is 3.91. The molecule has 1 atom stereocenters. The number of halogens is 2. The summed E-state index contributed by atoms with van der Waals surface area (Å²) in [5, 5.41) is 12.2. The van der Waals surface area contributed by atoms with Crippen molar-refractivity contribution in [3.8, 4) is 0 Å². The van der Waals surface area contributed by atoms with Crippen molar-refractivity contribution in [2.45, 2.75) is 29.9 Å². The first-order chi connectivity index (χ1) is 8.37. The van der Waals surface area contributed by atoms with E-state index in [1.165, 1.54) is 6.42 Å². The molecule has 0 spiro atoms. The zero-order chi connectivity index (χ0) is 13.4. The summed E-state index contributed by atoms with van der Waals surface area (Å²) in [6, 6.07) is 5.26. The highest BCUT2D eigenvalue weighted by Gasteiger charge is 2.47. The first-order valence-electron chi connectivity index (χ1n) is 5.83. The Hall–Kier alpha value is 0.460. The van der Waals surface area contributed by atoms with E-state index in [1.54, 1.807) is 41.7 Å². The van der Waals surface area contributed by atoms with E-state index in [2.05, 4.69) is 6.92 Å². The monoisotopic (exact) mass is 322 g/mol. The Balaban J connectivity index is 2.43. The van der Waals surface area contributed by atoms with Crippen molar-refractivity contribution >= 4 is 46.7 Å². The highest BCUT2D eigenvalue weighted by atomic mass is 35.5. The fourth-order valence-corrected chi connectivity index (χ4v) is 5.66. The fraction of sp³-hybridized carbons (Fsp3) is 0.538. The minimum Gasteiger partial charge on any atom is -0.383 e. The summed E-state index contributed by atoms with van der Waals surface area (Å²) < 4.78 is -0.292. The quantitative estimate of drug-likeness (QED) is 0.845. The molecular formula is C13H16Cl2OS2. The Morgan fingerprint density at radius 3 is 2.50 bits per heavy atom. The number of thioether (sulfide) groups is 2. The molecule has 1 unspecified atom stereocenters. The lowest BCUT2D eigenvalue weighted by atomic mass is 9.92. The molecule has 0 aromatic heterocycles. The van der Waals surface area contributed by atoms with E-state index in [0.717, 1.165) is 11.5 Å². The Kier molecular flexibility index (Phi) is 4.50. The summed E-state index contributed by atoms with van der Waals surface area (Å²) in [7, 11) is 0. The van der Waals surface area contributed by atoms with Crippen LogP contribution in [0.1, 0.15) is 25.8 Å². The maximum atomic E-state index is 11.0. The molecular weight excluding hydrogens is 307 g/mol.